The van der Waals surface area contributed by atoms with Gasteiger partial charge in [0.1, 0.15) is 11.2 Å². The molecule has 4 nitrogen and oxygen atoms in total. The molecule has 0 radical (unpaired) electrons. The molecule has 2 aromatic rings. The smallest absolute Gasteiger partial charge is 0.355 e. The molecule has 0 N–H and O–H groups in total. The minimum Gasteiger partial charge on any atom is -0.464 e. The normalized spacial score (nSPS) is 15.4. The fraction of sp³-hybridized carbons (Fsp3) is 0.143. The molecule has 0 bridgehead atoms. The Bertz CT molecular complexity index is 704. The third-order valence-electron chi connectivity index (χ3n) is 3.17. The number of nitrogens with zero attached hydrogens (tertiary/aromatic N) is 2. The van der Waals surface area contributed by atoms with E-state index in [2.05, 4.69) is 15.8 Å². The lowest BCUT2D eigenvalue weighted by Gasteiger charge is -2.11. The van der Waals surface area contributed by atoms with E-state index < -0.39 is 10.9 Å². The molecule has 0 saturated carbocycles. The van der Waals surface area contributed by atoms with Crippen LogP contribution in [0.1, 0.15) is 10.5 Å². The second kappa shape index (κ2) is 4.59. The standard InChI is InChI=1S/C14H14N2O2S/c1-16-10-6-5-7-15-11(10)13(12(16)14(17)18-2)19-8-3-4-9-19/h3-9,19H,1-2H3. The maximum Gasteiger partial charge on any atom is 0.355 e. The zero-order chi connectivity index (χ0) is 13.4. The molecule has 19 heavy (non-hydrogen) atoms. The number of hydrogen-bond donors (Lipinski definition) is 1. The highest BCUT2D eigenvalue weighted by molar-refractivity contribution is 8.22. The quantitative estimate of drug-likeness (QED) is 0.676. The number of rotatable bonds is 2. The van der Waals surface area contributed by atoms with E-state index in [0.717, 1.165) is 15.9 Å². The average molecular weight is 274 g/mol. The predicted molar refractivity (Wildman–Crippen MR) is 77.6 cm³/mol. The lowest BCUT2D eigenvalue weighted by Crippen LogP contribution is -2.09. The highest BCUT2D eigenvalue weighted by Gasteiger charge is 2.25. The number of aryl methyl sites for hydroxylation is 1. The molecule has 0 fully saturated rings. The van der Waals surface area contributed by atoms with Crippen LogP contribution in [0.25, 0.3) is 11.0 Å². The van der Waals surface area contributed by atoms with Crippen LogP contribution in [0.15, 0.2) is 46.2 Å². The second-order valence-electron chi connectivity index (χ2n) is 4.21. The van der Waals surface area contributed by atoms with Gasteiger partial charge >= 0.3 is 5.97 Å². The summed E-state index contributed by atoms with van der Waals surface area (Å²) in [5.74, 6) is -0.313. The molecule has 3 heterocycles. The van der Waals surface area contributed by atoms with Gasteiger partial charge in [0.05, 0.1) is 17.5 Å². The first-order valence-corrected chi connectivity index (χ1v) is 7.37. The van der Waals surface area contributed by atoms with Gasteiger partial charge < -0.3 is 9.30 Å². The maximum absolute atomic E-state index is 12.1. The highest BCUT2D eigenvalue weighted by Crippen LogP contribution is 2.47. The van der Waals surface area contributed by atoms with E-state index in [-0.39, 0.29) is 5.97 Å². The minimum absolute atomic E-state index is 0.313. The molecular formula is C14H14N2O2S. The van der Waals surface area contributed by atoms with Crippen molar-refractivity contribution in [3.05, 3.63) is 47.0 Å². The topological polar surface area (TPSA) is 44.1 Å². The van der Waals surface area contributed by atoms with Crippen LogP contribution >= 0.6 is 10.9 Å². The number of allylic oxidation sites excluding steroid dienone is 2. The van der Waals surface area contributed by atoms with Crippen LogP contribution in [0.3, 0.4) is 0 Å². The summed E-state index contributed by atoms with van der Waals surface area (Å²) < 4.78 is 6.79. The Morgan fingerprint density at radius 3 is 2.79 bits per heavy atom. The molecule has 3 rings (SSSR count). The lowest BCUT2D eigenvalue weighted by atomic mass is 10.3. The zero-order valence-electron chi connectivity index (χ0n) is 10.7. The van der Waals surface area contributed by atoms with Crippen molar-refractivity contribution in [2.45, 2.75) is 4.90 Å². The summed E-state index contributed by atoms with van der Waals surface area (Å²) in [6.45, 7) is 0. The van der Waals surface area contributed by atoms with Crippen molar-refractivity contribution in [2.24, 2.45) is 7.05 Å². The number of fused-ring (bicyclic) bond motifs is 1. The number of aromatic nitrogens is 2. The fourth-order valence-electron chi connectivity index (χ4n) is 2.30. The molecule has 98 valence electrons. The Labute approximate surface area is 113 Å². The van der Waals surface area contributed by atoms with Crippen molar-refractivity contribution < 1.29 is 9.53 Å². The molecule has 0 saturated heterocycles. The maximum atomic E-state index is 12.1. The van der Waals surface area contributed by atoms with Gasteiger partial charge in [-0.3, -0.25) is 4.98 Å². The Kier molecular flexibility index (Phi) is 2.91. The summed E-state index contributed by atoms with van der Waals surface area (Å²) in [4.78, 5) is 17.5. The fourth-order valence-corrected chi connectivity index (χ4v) is 4.17. The molecular weight excluding hydrogens is 260 g/mol. The predicted octanol–water partition coefficient (Wildman–Crippen LogP) is 2.76. The van der Waals surface area contributed by atoms with Crippen molar-refractivity contribution in [1.29, 1.82) is 0 Å². The molecule has 0 amide bonds. The first-order chi connectivity index (χ1) is 9.24. The molecule has 0 aromatic carbocycles. The number of ether oxygens (including phenoxy) is 1. The Balaban J connectivity index is 2.35. The first-order valence-electron chi connectivity index (χ1n) is 5.89. The van der Waals surface area contributed by atoms with Crippen LogP contribution in [0.2, 0.25) is 0 Å². The largest absolute Gasteiger partial charge is 0.464 e. The number of thiol groups is 1. The second-order valence-corrected chi connectivity index (χ2v) is 6.07. The zero-order valence-corrected chi connectivity index (χ0v) is 11.6. The number of esters is 1. The van der Waals surface area contributed by atoms with Crippen molar-refractivity contribution in [3.63, 3.8) is 0 Å². The van der Waals surface area contributed by atoms with Gasteiger partial charge in [0.2, 0.25) is 0 Å². The van der Waals surface area contributed by atoms with E-state index >= 15 is 0 Å². The highest BCUT2D eigenvalue weighted by atomic mass is 32.2. The summed E-state index contributed by atoms with van der Waals surface area (Å²) in [6.07, 6.45) is 5.77. The van der Waals surface area contributed by atoms with Crippen LogP contribution < -0.4 is 0 Å². The van der Waals surface area contributed by atoms with E-state index in [9.17, 15) is 4.79 Å². The van der Waals surface area contributed by atoms with Gasteiger partial charge in [0.15, 0.2) is 0 Å². The van der Waals surface area contributed by atoms with E-state index in [1.54, 1.807) is 6.20 Å². The number of methoxy groups -OCH3 is 1. The van der Waals surface area contributed by atoms with E-state index in [1.807, 2.05) is 35.9 Å². The molecule has 1 aliphatic heterocycles. The van der Waals surface area contributed by atoms with Gasteiger partial charge in [-0.05, 0) is 22.9 Å². The summed E-state index contributed by atoms with van der Waals surface area (Å²) in [6, 6.07) is 3.85. The van der Waals surface area contributed by atoms with Crippen LogP contribution in [-0.2, 0) is 11.8 Å². The van der Waals surface area contributed by atoms with Crippen molar-refractivity contribution in [1.82, 2.24) is 9.55 Å². The summed E-state index contributed by atoms with van der Waals surface area (Å²) in [7, 11) is 2.66. The van der Waals surface area contributed by atoms with Gasteiger partial charge in [-0.15, -0.1) is 0 Å². The lowest BCUT2D eigenvalue weighted by molar-refractivity contribution is 0.0586. The minimum atomic E-state index is -0.623. The third-order valence-corrected chi connectivity index (χ3v) is 5.10. The van der Waals surface area contributed by atoms with E-state index in [0.29, 0.717) is 5.69 Å². The Morgan fingerprint density at radius 2 is 2.11 bits per heavy atom. The molecule has 0 aliphatic carbocycles. The van der Waals surface area contributed by atoms with Crippen LogP contribution in [0.4, 0.5) is 0 Å². The van der Waals surface area contributed by atoms with Crippen molar-refractivity contribution in [3.8, 4) is 0 Å². The van der Waals surface area contributed by atoms with Gasteiger partial charge in [-0.1, -0.05) is 12.2 Å². The average Bonchev–Trinajstić information content (AvgIpc) is 3.05. The van der Waals surface area contributed by atoms with Gasteiger partial charge in [0, 0.05) is 13.2 Å². The van der Waals surface area contributed by atoms with Crippen LogP contribution in [0, 0.1) is 0 Å². The van der Waals surface area contributed by atoms with E-state index in [1.165, 1.54) is 7.11 Å². The first kappa shape index (κ1) is 12.0. The number of hydrogen-bond acceptors (Lipinski definition) is 3. The van der Waals surface area contributed by atoms with Gasteiger partial charge in [-0.25, -0.2) is 4.79 Å². The van der Waals surface area contributed by atoms with Crippen LogP contribution in [-0.4, -0.2) is 22.6 Å². The van der Waals surface area contributed by atoms with Crippen molar-refractivity contribution >= 4 is 27.9 Å². The Morgan fingerprint density at radius 1 is 1.37 bits per heavy atom. The van der Waals surface area contributed by atoms with Gasteiger partial charge in [-0.2, -0.15) is 10.9 Å². The summed E-state index contributed by atoms with van der Waals surface area (Å²) >= 11 is 0. The summed E-state index contributed by atoms with van der Waals surface area (Å²) in [5.41, 5.74) is 2.43. The number of pyridine rings is 1. The molecule has 5 heteroatoms. The van der Waals surface area contributed by atoms with Crippen LogP contribution in [0.5, 0.6) is 0 Å². The molecule has 0 atom stereocenters. The number of carbonyl (C=O) groups excluding carboxylic acids is 1. The Hall–Kier alpha value is -2.01. The van der Waals surface area contributed by atoms with Gasteiger partial charge in [0.25, 0.3) is 0 Å². The SMILES string of the molecule is COC(=O)c1c([SH]2C=CC=C2)c2ncccc2n1C. The third kappa shape index (κ3) is 1.77. The molecule has 0 spiro atoms. The van der Waals surface area contributed by atoms with E-state index in [4.69, 9.17) is 4.74 Å². The van der Waals surface area contributed by atoms with Crippen molar-refractivity contribution in [2.75, 3.05) is 7.11 Å². The molecule has 0 unspecified atom stereocenters. The molecule has 2 aromatic heterocycles. The molecule has 1 aliphatic rings. The summed E-state index contributed by atoms with van der Waals surface area (Å²) in [5, 5.41) is 4.23. The monoisotopic (exact) mass is 274 g/mol. The number of carbonyl (C=O) groups is 1.